The molecule has 0 saturated heterocycles. The molecule has 7 heteroatoms. The summed E-state index contributed by atoms with van der Waals surface area (Å²) in [6.07, 6.45) is 0.811. The summed E-state index contributed by atoms with van der Waals surface area (Å²) in [5.74, 6) is -0.670. The Kier molecular flexibility index (Phi) is 5.38. The van der Waals surface area contributed by atoms with E-state index in [2.05, 4.69) is 24.0 Å². The standard InChI is InChI=1S/C19H20N2O3S2/c1-3-14-9-10-16-17(13-14)25-19(21(16)2)20-18(22)11-12-26(23,24)15-7-5-4-6-8-15/h4-10,13H,3,11-12H2,1-2H3. The number of sulfone groups is 1. The number of hydrogen-bond donors (Lipinski definition) is 0. The highest BCUT2D eigenvalue weighted by Gasteiger charge is 2.16. The van der Waals surface area contributed by atoms with E-state index in [4.69, 9.17) is 0 Å². The molecular formula is C19H20N2O3S2. The molecular weight excluding hydrogens is 368 g/mol. The van der Waals surface area contributed by atoms with Crippen LogP contribution in [0.1, 0.15) is 18.9 Å². The van der Waals surface area contributed by atoms with E-state index in [9.17, 15) is 13.2 Å². The quantitative estimate of drug-likeness (QED) is 0.674. The van der Waals surface area contributed by atoms with Gasteiger partial charge in [-0.25, -0.2) is 8.42 Å². The molecule has 0 saturated carbocycles. The van der Waals surface area contributed by atoms with E-state index in [1.807, 2.05) is 17.7 Å². The first-order valence-electron chi connectivity index (χ1n) is 8.34. The molecule has 0 atom stereocenters. The maximum atomic E-state index is 12.3. The van der Waals surface area contributed by atoms with Crippen molar-refractivity contribution >= 4 is 37.3 Å². The van der Waals surface area contributed by atoms with Crippen LogP contribution in [0.4, 0.5) is 0 Å². The molecule has 0 aliphatic rings. The minimum atomic E-state index is -3.48. The summed E-state index contributed by atoms with van der Waals surface area (Å²) in [7, 11) is -1.62. The average molecular weight is 389 g/mol. The minimum absolute atomic E-state index is 0.133. The smallest absolute Gasteiger partial charge is 0.249 e. The van der Waals surface area contributed by atoms with E-state index >= 15 is 0 Å². The van der Waals surface area contributed by atoms with Crippen molar-refractivity contribution in [2.45, 2.75) is 24.7 Å². The summed E-state index contributed by atoms with van der Waals surface area (Å²) >= 11 is 1.44. The van der Waals surface area contributed by atoms with Crippen molar-refractivity contribution in [1.82, 2.24) is 4.57 Å². The Balaban J connectivity index is 1.81. The monoisotopic (exact) mass is 388 g/mol. The number of rotatable bonds is 5. The third-order valence-corrected chi connectivity index (χ3v) is 7.02. The highest BCUT2D eigenvalue weighted by molar-refractivity contribution is 7.91. The van der Waals surface area contributed by atoms with Crippen molar-refractivity contribution in [2.24, 2.45) is 12.0 Å². The number of nitrogens with zero attached hydrogens (tertiary/aromatic N) is 2. The molecule has 5 nitrogen and oxygen atoms in total. The molecule has 2 aromatic carbocycles. The van der Waals surface area contributed by atoms with Crippen LogP contribution in [-0.4, -0.2) is 24.6 Å². The molecule has 0 N–H and O–H groups in total. The zero-order chi connectivity index (χ0) is 18.7. The van der Waals surface area contributed by atoms with Gasteiger partial charge in [0, 0.05) is 13.5 Å². The van der Waals surface area contributed by atoms with Gasteiger partial charge in [-0.05, 0) is 36.2 Å². The number of fused-ring (bicyclic) bond motifs is 1. The van der Waals surface area contributed by atoms with Crippen molar-refractivity contribution in [3.05, 3.63) is 58.9 Å². The number of aromatic nitrogens is 1. The van der Waals surface area contributed by atoms with Gasteiger partial charge in [0.25, 0.3) is 0 Å². The first kappa shape index (κ1) is 18.5. The van der Waals surface area contributed by atoms with E-state index < -0.39 is 15.7 Å². The van der Waals surface area contributed by atoms with Crippen LogP contribution in [0.15, 0.2) is 58.4 Å². The molecule has 0 aliphatic carbocycles. The molecule has 0 fully saturated rings. The lowest BCUT2D eigenvalue weighted by Crippen LogP contribution is -2.15. The summed E-state index contributed by atoms with van der Waals surface area (Å²) in [4.78, 5) is 17.1. The first-order valence-corrected chi connectivity index (χ1v) is 10.8. The van der Waals surface area contributed by atoms with E-state index in [0.29, 0.717) is 4.80 Å². The zero-order valence-electron chi connectivity index (χ0n) is 14.7. The molecule has 3 aromatic rings. The largest absolute Gasteiger partial charge is 0.319 e. The van der Waals surface area contributed by atoms with E-state index in [1.54, 1.807) is 18.2 Å². The fourth-order valence-corrected chi connectivity index (χ4v) is 4.99. The Morgan fingerprint density at radius 3 is 2.58 bits per heavy atom. The van der Waals surface area contributed by atoms with Crippen LogP contribution >= 0.6 is 11.3 Å². The SMILES string of the molecule is CCc1ccc2c(c1)sc(=NC(=O)CCS(=O)(=O)c1ccccc1)n2C. The lowest BCUT2D eigenvalue weighted by atomic mass is 10.2. The number of aryl methyl sites for hydroxylation is 2. The van der Waals surface area contributed by atoms with Gasteiger partial charge in [-0.2, -0.15) is 4.99 Å². The second kappa shape index (κ2) is 7.55. The molecule has 0 aliphatic heterocycles. The third kappa shape index (κ3) is 3.94. The van der Waals surface area contributed by atoms with Crippen molar-refractivity contribution in [2.75, 3.05) is 5.75 Å². The molecule has 0 radical (unpaired) electrons. The van der Waals surface area contributed by atoms with Crippen molar-refractivity contribution in [3.8, 4) is 0 Å². The number of benzene rings is 2. The Morgan fingerprint density at radius 1 is 1.15 bits per heavy atom. The summed E-state index contributed by atoms with van der Waals surface area (Å²) in [5, 5.41) is 0. The number of carbonyl (C=O) groups excluding carboxylic acids is 1. The lowest BCUT2D eigenvalue weighted by Gasteiger charge is -2.02. The van der Waals surface area contributed by atoms with Crippen LogP contribution < -0.4 is 4.80 Å². The second-order valence-electron chi connectivity index (χ2n) is 5.99. The Hall–Kier alpha value is -2.25. The molecule has 0 spiro atoms. The van der Waals surface area contributed by atoms with Crippen LogP contribution in [0.5, 0.6) is 0 Å². The number of hydrogen-bond acceptors (Lipinski definition) is 4. The van der Waals surface area contributed by atoms with Gasteiger partial charge >= 0.3 is 0 Å². The molecule has 26 heavy (non-hydrogen) atoms. The summed E-state index contributed by atoms with van der Waals surface area (Å²) in [5.41, 5.74) is 2.24. The summed E-state index contributed by atoms with van der Waals surface area (Å²) in [6, 6.07) is 14.3. The highest BCUT2D eigenvalue weighted by atomic mass is 32.2. The van der Waals surface area contributed by atoms with Gasteiger partial charge in [-0.15, -0.1) is 0 Å². The number of thiazole rings is 1. The second-order valence-corrected chi connectivity index (χ2v) is 9.10. The molecule has 136 valence electrons. The first-order chi connectivity index (χ1) is 12.4. The van der Waals surface area contributed by atoms with Gasteiger partial charge in [-0.3, -0.25) is 4.79 Å². The summed E-state index contributed by atoms with van der Waals surface area (Å²) < 4.78 is 27.5. The summed E-state index contributed by atoms with van der Waals surface area (Å²) in [6.45, 7) is 2.09. The van der Waals surface area contributed by atoms with E-state index in [-0.39, 0.29) is 17.1 Å². The normalized spacial score (nSPS) is 12.6. The number of carbonyl (C=O) groups is 1. The lowest BCUT2D eigenvalue weighted by molar-refractivity contribution is -0.117. The molecule has 1 amide bonds. The van der Waals surface area contributed by atoms with E-state index in [1.165, 1.54) is 29.0 Å². The molecule has 0 unspecified atom stereocenters. The van der Waals surface area contributed by atoms with Gasteiger partial charge < -0.3 is 4.57 Å². The van der Waals surface area contributed by atoms with Gasteiger partial charge in [0.1, 0.15) is 0 Å². The van der Waals surface area contributed by atoms with Gasteiger partial charge in [0.05, 0.1) is 20.9 Å². The van der Waals surface area contributed by atoms with Crippen molar-refractivity contribution < 1.29 is 13.2 Å². The Bertz CT molecular complexity index is 1110. The maximum absolute atomic E-state index is 12.3. The Morgan fingerprint density at radius 2 is 1.88 bits per heavy atom. The molecule has 1 aromatic heterocycles. The number of amides is 1. The fraction of sp³-hybridized carbons (Fsp3) is 0.263. The Labute approximate surface area is 156 Å². The zero-order valence-corrected chi connectivity index (χ0v) is 16.3. The van der Waals surface area contributed by atoms with Crippen LogP contribution in [0.3, 0.4) is 0 Å². The van der Waals surface area contributed by atoms with Crippen LogP contribution in [0, 0.1) is 0 Å². The van der Waals surface area contributed by atoms with E-state index in [0.717, 1.165) is 16.6 Å². The van der Waals surface area contributed by atoms with Crippen molar-refractivity contribution in [3.63, 3.8) is 0 Å². The maximum Gasteiger partial charge on any atom is 0.249 e. The van der Waals surface area contributed by atoms with Crippen LogP contribution in [0.25, 0.3) is 10.2 Å². The molecule has 3 rings (SSSR count). The molecule has 0 bridgehead atoms. The minimum Gasteiger partial charge on any atom is -0.319 e. The predicted molar refractivity (Wildman–Crippen MR) is 104 cm³/mol. The van der Waals surface area contributed by atoms with Crippen LogP contribution in [-0.2, 0) is 28.1 Å². The van der Waals surface area contributed by atoms with Gasteiger partial charge in [0.15, 0.2) is 14.6 Å². The third-order valence-electron chi connectivity index (χ3n) is 4.19. The fourth-order valence-electron chi connectivity index (χ4n) is 2.63. The van der Waals surface area contributed by atoms with Crippen molar-refractivity contribution in [1.29, 1.82) is 0 Å². The highest BCUT2D eigenvalue weighted by Crippen LogP contribution is 2.19. The van der Waals surface area contributed by atoms with Gasteiger partial charge in [0.2, 0.25) is 5.91 Å². The average Bonchev–Trinajstić information content (AvgIpc) is 2.95. The topological polar surface area (TPSA) is 68.5 Å². The molecule has 1 heterocycles. The van der Waals surface area contributed by atoms with Crippen LogP contribution in [0.2, 0.25) is 0 Å². The predicted octanol–water partition coefficient (Wildman–Crippen LogP) is 3.09. The van der Waals surface area contributed by atoms with Gasteiger partial charge in [-0.1, -0.05) is 42.5 Å².